The summed E-state index contributed by atoms with van der Waals surface area (Å²) in [7, 11) is 1.52. The second-order valence-electron chi connectivity index (χ2n) is 5.36. The molecular formula is C17H16ClF3O. The zero-order valence-electron chi connectivity index (χ0n) is 12.2. The summed E-state index contributed by atoms with van der Waals surface area (Å²) < 4.78 is 44.4. The van der Waals surface area contributed by atoms with Crippen LogP contribution in [0.25, 0.3) is 0 Å². The minimum Gasteiger partial charge on any atom is -0.497 e. The first kappa shape index (κ1) is 16.7. The first-order valence-electron chi connectivity index (χ1n) is 6.72. The molecule has 0 aliphatic heterocycles. The van der Waals surface area contributed by atoms with Crippen molar-refractivity contribution in [3.8, 4) is 5.75 Å². The third kappa shape index (κ3) is 3.74. The molecule has 0 heterocycles. The van der Waals surface area contributed by atoms with E-state index >= 15 is 0 Å². The first-order valence-corrected chi connectivity index (χ1v) is 7.10. The fourth-order valence-electron chi connectivity index (χ4n) is 2.55. The largest absolute Gasteiger partial charge is 0.497 e. The Morgan fingerprint density at radius 3 is 1.77 bits per heavy atom. The van der Waals surface area contributed by atoms with Gasteiger partial charge in [-0.2, -0.15) is 13.2 Å². The molecule has 0 saturated carbocycles. The van der Waals surface area contributed by atoms with Crippen LogP contribution in [0.5, 0.6) is 5.75 Å². The average molecular weight is 329 g/mol. The number of hydrogen-bond acceptors (Lipinski definition) is 1. The van der Waals surface area contributed by atoms with Gasteiger partial charge in [-0.1, -0.05) is 42.8 Å². The Balaban J connectivity index is 2.51. The highest BCUT2D eigenvalue weighted by molar-refractivity contribution is 6.30. The van der Waals surface area contributed by atoms with Crippen molar-refractivity contribution in [3.05, 3.63) is 64.7 Å². The van der Waals surface area contributed by atoms with Crippen LogP contribution in [0.2, 0.25) is 5.02 Å². The normalized spacial score (nSPS) is 14.5. The molecule has 1 unspecified atom stereocenters. The molecule has 1 atom stereocenters. The SMILES string of the molecule is COc1ccc(C(C)(CC(F)(F)F)c2ccc(Cl)cc2)cc1. The van der Waals surface area contributed by atoms with Crippen LogP contribution in [0.4, 0.5) is 13.2 Å². The Morgan fingerprint density at radius 1 is 0.909 bits per heavy atom. The molecule has 2 aromatic carbocycles. The lowest BCUT2D eigenvalue weighted by atomic mass is 9.73. The van der Waals surface area contributed by atoms with Crippen LogP contribution in [0.3, 0.4) is 0 Å². The van der Waals surface area contributed by atoms with Crippen LogP contribution in [-0.4, -0.2) is 13.3 Å². The van der Waals surface area contributed by atoms with Crippen molar-refractivity contribution < 1.29 is 17.9 Å². The molecule has 0 aromatic heterocycles. The maximum absolute atomic E-state index is 13.1. The Kier molecular flexibility index (Phi) is 4.71. The van der Waals surface area contributed by atoms with E-state index in [4.69, 9.17) is 16.3 Å². The van der Waals surface area contributed by atoms with Gasteiger partial charge in [0.2, 0.25) is 0 Å². The molecule has 0 N–H and O–H groups in total. The molecule has 0 amide bonds. The Bertz CT molecular complexity index is 620. The molecule has 0 fully saturated rings. The van der Waals surface area contributed by atoms with Gasteiger partial charge in [0.05, 0.1) is 13.5 Å². The topological polar surface area (TPSA) is 9.23 Å². The zero-order valence-corrected chi connectivity index (χ0v) is 13.0. The van der Waals surface area contributed by atoms with Gasteiger partial charge in [-0.25, -0.2) is 0 Å². The molecule has 0 saturated heterocycles. The van der Waals surface area contributed by atoms with E-state index in [0.717, 1.165) is 0 Å². The predicted octanol–water partition coefficient (Wildman–Crippen LogP) is 5.61. The van der Waals surface area contributed by atoms with E-state index < -0.39 is 18.0 Å². The van der Waals surface area contributed by atoms with Crippen molar-refractivity contribution in [2.45, 2.75) is 24.9 Å². The van der Waals surface area contributed by atoms with Crippen LogP contribution in [0.15, 0.2) is 48.5 Å². The van der Waals surface area contributed by atoms with E-state index in [1.807, 2.05) is 0 Å². The van der Waals surface area contributed by atoms with Gasteiger partial charge in [0, 0.05) is 10.4 Å². The second-order valence-corrected chi connectivity index (χ2v) is 5.80. The van der Waals surface area contributed by atoms with Crippen molar-refractivity contribution >= 4 is 11.6 Å². The van der Waals surface area contributed by atoms with Gasteiger partial charge in [-0.05, 0) is 35.4 Å². The molecule has 0 aliphatic rings. The number of alkyl halides is 3. The molecule has 0 radical (unpaired) electrons. The standard InChI is InChI=1S/C17H16ClF3O/c1-16(11-17(19,20)21,12-3-7-14(18)8-4-12)13-5-9-15(22-2)10-6-13/h3-10H,11H2,1-2H3. The van der Waals surface area contributed by atoms with Crippen LogP contribution in [0, 0.1) is 0 Å². The molecule has 0 spiro atoms. The van der Waals surface area contributed by atoms with E-state index in [1.165, 1.54) is 7.11 Å². The van der Waals surface area contributed by atoms with Crippen molar-refractivity contribution in [1.82, 2.24) is 0 Å². The summed E-state index contributed by atoms with van der Waals surface area (Å²) in [5.41, 5.74) is -0.0397. The highest BCUT2D eigenvalue weighted by Gasteiger charge is 2.41. The maximum Gasteiger partial charge on any atom is 0.390 e. The first-order chi connectivity index (χ1) is 10.2. The number of rotatable bonds is 4. The number of hydrogen-bond donors (Lipinski definition) is 0. The minimum absolute atomic E-state index is 0.493. The van der Waals surface area contributed by atoms with Gasteiger partial charge in [0.25, 0.3) is 0 Å². The highest BCUT2D eigenvalue weighted by Crippen LogP contribution is 2.42. The molecule has 0 aliphatic carbocycles. The second kappa shape index (κ2) is 6.21. The lowest BCUT2D eigenvalue weighted by Crippen LogP contribution is -2.30. The number of ether oxygens (including phenoxy) is 1. The molecular weight excluding hydrogens is 313 g/mol. The monoisotopic (exact) mass is 328 g/mol. The van der Waals surface area contributed by atoms with Gasteiger partial charge in [-0.15, -0.1) is 0 Å². The quantitative estimate of drug-likeness (QED) is 0.709. The number of benzene rings is 2. The van der Waals surface area contributed by atoms with Crippen LogP contribution in [0.1, 0.15) is 24.5 Å². The average Bonchev–Trinajstić information content (AvgIpc) is 2.46. The number of halogens is 4. The van der Waals surface area contributed by atoms with Crippen molar-refractivity contribution in [2.75, 3.05) is 7.11 Å². The highest BCUT2D eigenvalue weighted by atomic mass is 35.5. The third-order valence-corrected chi connectivity index (χ3v) is 4.01. The number of methoxy groups -OCH3 is 1. The summed E-state index contributed by atoms with van der Waals surface area (Å²) in [5, 5.41) is 0.493. The van der Waals surface area contributed by atoms with Gasteiger partial charge in [0.1, 0.15) is 5.75 Å². The van der Waals surface area contributed by atoms with Gasteiger partial charge in [-0.3, -0.25) is 0 Å². The van der Waals surface area contributed by atoms with E-state index in [-0.39, 0.29) is 0 Å². The molecule has 1 nitrogen and oxygen atoms in total. The summed E-state index contributed by atoms with van der Waals surface area (Å²) in [6.07, 6.45) is -5.23. The zero-order chi connectivity index (χ0) is 16.4. The van der Waals surface area contributed by atoms with Crippen molar-refractivity contribution in [3.63, 3.8) is 0 Å². The van der Waals surface area contributed by atoms with Gasteiger partial charge in [0.15, 0.2) is 0 Å². The summed E-state index contributed by atoms with van der Waals surface area (Å²) in [6, 6.07) is 13.2. The molecule has 118 valence electrons. The van der Waals surface area contributed by atoms with Gasteiger partial charge >= 0.3 is 6.18 Å². The third-order valence-electron chi connectivity index (χ3n) is 3.76. The molecule has 2 aromatic rings. The fraction of sp³-hybridized carbons (Fsp3) is 0.294. The Morgan fingerprint density at radius 2 is 1.36 bits per heavy atom. The fourth-order valence-corrected chi connectivity index (χ4v) is 2.67. The molecule has 5 heteroatoms. The lowest BCUT2D eigenvalue weighted by Gasteiger charge is -2.32. The van der Waals surface area contributed by atoms with Crippen molar-refractivity contribution in [2.24, 2.45) is 0 Å². The van der Waals surface area contributed by atoms with Crippen LogP contribution in [-0.2, 0) is 5.41 Å². The summed E-state index contributed by atoms with van der Waals surface area (Å²) >= 11 is 5.84. The van der Waals surface area contributed by atoms with Crippen molar-refractivity contribution in [1.29, 1.82) is 0 Å². The molecule has 22 heavy (non-hydrogen) atoms. The predicted molar refractivity (Wildman–Crippen MR) is 81.6 cm³/mol. The molecule has 0 bridgehead atoms. The van der Waals surface area contributed by atoms with Gasteiger partial charge < -0.3 is 4.74 Å². The van der Waals surface area contributed by atoms with E-state index in [0.29, 0.717) is 21.9 Å². The smallest absolute Gasteiger partial charge is 0.390 e. The lowest BCUT2D eigenvalue weighted by molar-refractivity contribution is -0.144. The molecule has 2 rings (SSSR count). The van der Waals surface area contributed by atoms with E-state index in [2.05, 4.69) is 0 Å². The Hall–Kier alpha value is -1.68. The van der Waals surface area contributed by atoms with Crippen LogP contribution >= 0.6 is 11.6 Å². The summed E-state index contributed by atoms with van der Waals surface area (Å²) in [6.45, 7) is 1.59. The van der Waals surface area contributed by atoms with Crippen LogP contribution < -0.4 is 4.74 Å². The van der Waals surface area contributed by atoms with E-state index in [1.54, 1.807) is 55.5 Å². The van der Waals surface area contributed by atoms with E-state index in [9.17, 15) is 13.2 Å². The maximum atomic E-state index is 13.1. The summed E-state index contributed by atoms with van der Waals surface area (Å²) in [4.78, 5) is 0. The summed E-state index contributed by atoms with van der Waals surface area (Å²) in [5.74, 6) is 0.606. The Labute approximate surface area is 132 Å². The minimum atomic E-state index is -4.28.